The second-order valence-electron chi connectivity index (χ2n) is 6.57. The second kappa shape index (κ2) is 6.02. The summed E-state index contributed by atoms with van der Waals surface area (Å²) >= 11 is 0. The Labute approximate surface area is 127 Å². The SMILES string of the molecule is CC1CCC(C(N)c2ccn(-c3ccccc3)n2)CC1C. The van der Waals surface area contributed by atoms with Crippen LogP contribution in [0.5, 0.6) is 0 Å². The van der Waals surface area contributed by atoms with Crippen molar-refractivity contribution in [1.82, 2.24) is 9.78 Å². The van der Waals surface area contributed by atoms with Crippen LogP contribution in [0.25, 0.3) is 5.69 Å². The molecular weight excluding hydrogens is 258 g/mol. The summed E-state index contributed by atoms with van der Waals surface area (Å²) in [5, 5.41) is 4.69. The lowest BCUT2D eigenvalue weighted by Gasteiger charge is -2.34. The van der Waals surface area contributed by atoms with Gasteiger partial charge in [0.15, 0.2) is 0 Å². The van der Waals surface area contributed by atoms with Gasteiger partial charge in [0.1, 0.15) is 0 Å². The summed E-state index contributed by atoms with van der Waals surface area (Å²) in [5.41, 5.74) is 8.60. The van der Waals surface area contributed by atoms with E-state index in [0.29, 0.717) is 5.92 Å². The Bertz CT molecular complexity index is 575. The summed E-state index contributed by atoms with van der Waals surface area (Å²) in [6.07, 6.45) is 5.75. The molecule has 0 aliphatic heterocycles. The van der Waals surface area contributed by atoms with E-state index >= 15 is 0 Å². The highest BCUT2D eigenvalue weighted by Crippen LogP contribution is 2.38. The van der Waals surface area contributed by atoms with E-state index in [1.54, 1.807) is 0 Å². The fourth-order valence-electron chi connectivity index (χ4n) is 3.40. The van der Waals surface area contributed by atoms with Crippen LogP contribution in [0.1, 0.15) is 44.8 Å². The Balaban J connectivity index is 1.74. The molecule has 1 saturated carbocycles. The van der Waals surface area contributed by atoms with E-state index in [9.17, 15) is 0 Å². The monoisotopic (exact) mass is 283 g/mol. The largest absolute Gasteiger partial charge is 0.322 e. The first kappa shape index (κ1) is 14.3. The molecule has 4 atom stereocenters. The number of benzene rings is 1. The number of nitrogens with two attached hydrogens (primary N) is 1. The first-order valence-electron chi connectivity index (χ1n) is 8.01. The number of para-hydroxylation sites is 1. The Kier molecular flexibility index (Phi) is 4.11. The summed E-state index contributed by atoms with van der Waals surface area (Å²) in [7, 11) is 0. The summed E-state index contributed by atoms with van der Waals surface area (Å²) < 4.78 is 1.92. The summed E-state index contributed by atoms with van der Waals surface area (Å²) in [6.45, 7) is 4.71. The van der Waals surface area contributed by atoms with E-state index in [4.69, 9.17) is 10.8 Å². The van der Waals surface area contributed by atoms with E-state index < -0.39 is 0 Å². The number of rotatable bonds is 3. The molecule has 112 valence electrons. The van der Waals surface area contributed by atoms with Crippen LogP contribution in [0.15, 0.2) is 42.6 Å². The van der Waals surface area contributed by atoms with Crippen molar-refractivity contribution < 1.29 is 0 Å². The predicted molar refractivity (Wildman–Crippen MR) is 86.2 cm³/mol. The van der Waals surface area contributed by atoms with Gasteiger partial charge in [-0.1, -0.05) is 38.5 Å². The van der Waals surface area contributed by atoms with Crippen molar-refractivity contribution in [3.05, 3.63) is 48.3 Å². The Morgan fingerprint density at radius 2 is 1.86 bits per heavy atom. The fourth-order valence-corrected chi connectivity index (χ4v) is 3.40. The Hall–Kier alpha value is -1.61. The van der Waals surface area contributed by atoms with E-state index in [1.165, 1.54) is 19.3 Å². The molecule has 3 rings (SSSR count). The normalized spacial score (nSPS) is 27.5. The van der Waals surface area contributed by atoms with Gasteiger partial charge in [-0.2, -0.15) is 5.10 Å². The van der Waals surface area contributed by atoms with E-state index in [2.05, 4.69) is 32.0 Å². The molecule has 3 heteroatoms. The average molecular weight is 283 g/mol. The first-order valence-corrected chi connectivity index (χ1v) is 8.01. The highest BCUT2D eigenvalue weighted by molar-refractivity contribution is 5.30. The summed E-state index contributed by atoms with van der Waals surface area (Å²) in [4.78, 5) is 0. The molecule has 2 aromatic rings. The molecule has 0 bridgehead atoms. The highest BCUT2D eigenvalue weighted by Gasteiger charge is 2.30. The van der Waals surface area contributed by atoms with Crippen LogP contribution < -0.4 is 5.73 Å². The maximum Gasteiger partial charge on any atom is 0.0799 e. The smallest absolute Gasteiger partial charge is 0.0799 e. The van der Waals surface area contributed by atoms with Crippen LogP contribution in [-0.2, 0) is 0 Å². The molecule has 4 unspecified atom stereocenters. The van der Waals surface area contributed by atoms with Gasteiger partial charge in [-0.05, 0) is 48.8 Å². The highest BCUT2D eigenvalue weighted by atomic mass is 15.3. The third kappa shape index (κ3) is 3.03. The van der Waals surface area contributed by atoms with Crippen molar-refractivity contribution in [2.24, 2.45) is 23.5 Å². The number of aromatic nitrogens is 2. The van der Waals surface area contributed by atoms with Gasteiger partial charge in [0.05, 0.1) is 17.4 Å². The molecule has 0 radical (unpaired) electrons. The van der Waals surface area contributed by atoms with Crippen molar-refractivity contribution in [2.45, 2.75) is 39.2 Å². The minimum absolute atomic E-state index is 0.0601. The molecular formula is C18H25N3. The van der Waals surface area contributed by atoms with E-state index in [0.717, 1.165) is 23.2 Å². The Morgan fingerprint density at radius 3 is 2.57 bits per heavy atom. The van der Waals surface area contributed by atoms with Gasteiger partial charge >= 0.3 is 0 Å². The molecule has 1 aliphatic rings. The molecule has 21 heavy (non-hydrogen) atoms. The molecule has 2 N–H and O–H groups in total. The van der Waals surface area contributed by atoms with Crippen LogP contribution in [0.4, 0.5) is 0 Å². The standard InChI is InChI=1S/C18H25N3/c1-13-8-9-15(12-14(13)2)18(19)17-10-11-21(20-17)16-6-4-3-5-7-16/h3-7,10-11,13-15,18H,8-9,12,19H2,1-2H3. The van der Waals surface area contributed by atoms with Gasteiger partial charge in [-0.15, -0.1) is 0 Å². The van der Waals surface area contributed by atoms with Gasteiger partial charge in [-0.3, -0.25) is 0 Å². The van der Waals surface area contributed by atoms with Crippen LogP contribution in [0.2, 0.25) is 0 Å². The van der Waals surface area contributed by atoms with Gasteiger partial charge in [0, 0.05) is 6.20 Å². The molecule has 1 aromatic carbocycles. The minimum Gasteiger partial charge on any atom is -0.322 e. The van der Waals surface area contributed by atoms with Gasteiger partial charge in [0.2, 0.25) is 0 Å². The average Bonchev–Trinajstić information content (AvgIpc) is 3.00. The molecule has 1 aromatic heterocycles. The maximum atomic E-state index is 6.49. The van der Waals surface area contributed by atoms with Crippen molar-refractivity contribution in [2.75, 3.05) is 0 Å². The fraction of sp³-hybridized carbons (Fsp3) is 0.500. The number of hydrogen-bond acceptors (Lipinski definition) is 2. The van der Waals surface area contributed by atoms with Crippen molar-refractivity contribution in [3.63, 3.8) is 0 Å². The molecule has 0 saturated heterocycles. The molecule has 1 heterocycles. The summed E-state index contributed by atoms with van der Waals surface area (Å²) in [6, 6.07) is 12.3. The zero-order valence-electron chi connectivity index (χ0n) is 12.9. The Morgan fingerprint density at radius 1 is 1.10 bits per heavy atom. The van der Waals surface area contributed by atoms with E-state index in [-0.39, 0.29) is 6.04 Å². The molecule has 1 fully saturated rings. The topological polar surface area (TPSA) is 43.8 Å². The molecule has 0 spiro atoms. The lowest BCUT2D eigenvalue weighted by molar-refractivity contribution is 0.184. The van der Waals surface area contributed by atoms with Crippen LogP contribution in [0, 0.1) is 17.8 Å². The molecule has 0 amide bonds. The van der Waals surface area contributed by atoms with Crippen LogP contribution in [-0.4, -0.2) is 9.78 Å². The van der Waals surface area contributed by atoms with Gasteiger partial charge in [0.25, 0.3) is 0 Å². The van der Waals surface area contributed by atoms with Crippen LogP contribution in [0.3, 0.4) is 0 Å². The zero-order chi connectivity index (χ0) is 14.8. The zero-order valence-corrected chi connectivity index (χ0v) is 12.9. The third-order valence-electron chi connectivity index (χ3n) is 5.12. The first-order chi connectivity index (χ1) is 10.1. The number of nitrogens with zero attached hydrogens (tertiary/aromatic N) is 2. The minimum atomic E-state index is 0.0601. The lowest BCUT2D eigenvalue weighted by atomic mass is 9.73. The van der Waals surface area contributed by atoms with Gasteiger partial charge in [-0.25, -0.2) is 4.68 Å². The van der Waals surface area contributed by atoms with Crippen LogP contribution >= 0.6 is 0 Å². The lowest BCUT2D eigenvalue weighted by Crippen LogP contribution is -2.29. The summed E-state index contributed by atoms with van der Waals surface area (Å²) in [5.74, 6) is 2.16. The number of hydrogen-bond donors (Lipinski definition) is 1. The second-order valence-corrected chi connectivity index (χ2v) is 6.57. The maximum absolute atomic E-state index is 6.49. The molecule has 3 nitrogen and oxygen atoms in total. The van der Waals surface area contributed by atoms with Crippen molar-refractivity contribution in [1.29, 1.82) is 0 Å². The van der Waals surface area contributed by atoms with Crippen molar-refractivity contribution in [3.8, 4) is 5.69 Å². The van der Waals surface area contributed by atoms with E-state index in [1.807, 2.05) is 29.1 Å². The van der Waals surface area contributed by atoms with Gasteiger partial charge < -0.3 is 5.73 Å². The quantitative estimate of drug-likeness (QED) is 0.927. The predicted octanol–water partition coefficient (Wildman–Crippen LogP) is 3.94. The van der Waals surface area contributed by atoms with Crippen molar-refractivity contribution >= 4 is 0 Å². The molecule has 1 aliphatic carbocycles. The third-order valence-corrected chi connectivity index (χ3v) is 5.12.